The summed E-state index contributed by atoms with van der Waals surface area (Å²) in [5.74, 6) is 0. The molecule has 0 bridgehead atoms. The van der Waals surface area contributed by atoms with Crippen molar-refractivity contribution in [2.75, 3.05) is 0 Å². The first-order chi connectivity index (χ1) is 3.91. The molecule has 0 fully saturated rings. The molecule has 0 unspecified atom stereocenters. The summed E-state index contributed by atoms with van der Waals surface area (Å²) >= 11 is 0. The standard InChI is InChI=1S/C4H10O.C4H8/c1-4(2,3)5;1-3-4-2/h5H,1-3H3;3H,1,4H2,2H3. The van der Waals surface area contributed by atoms with E-state index in [1.807, 2.05) is 6.08 Å². The van der Waals surface area contributed by atoms with Gasteiger partial charge in [0.15, 0.2) is 0 Å². The van der Waals surface area contributed by atoms with Crippen molar-refractivity contribution >= 4 is 0 Å². The zero-order valence-corrected chi connectivity index (χ0v) is 6.94. The highest BCUT2D eigenvalue weighted by Crippen LogP contribution is 1.93. The van der Waals surface area contributed by atoms with Crippen molar-refractivity contribution in [3.63, 3.8) is 0 Å². The Hall–Kier alpha value is -0.300. The summed E-state index contributed by atoms with van der Waals surface area (Å²) in [5.41, 5.74) is -0.500. The van der Waals surface area contributed by atoms with Crippen molar-refractivity contribution < 1.29 is 5.11 Å². The Balaban J connectivity index is 0. The van der Waals surface area contributed by atoms with Gasteiger partial charge in [-0.25, -0.2) is 0 Å². The number of hydrogen-bond acceptors (Lipinski definition) is 1. The Morgan fingerprint density at radius 2 is 1.56 bits per heavy atom. The molecule has 1 nitrogen and oxygen atoms in total. The van der Waals surface area contributed by atoms with E-state index in [-0.39, 0.29) is 0 Å². The summed E-state index contributed by atoms with van der Waals surface area (Å²) in [6.07, 6.45) is 2.96. The second-order valence-electron chi connectivity index (χ2n) is 2.87. The molecular weight excluding hydrogens is 112 g/mol. The molecule has 0 aliphatic carbocycles. The molecule has 9 heavy (non-hydrogen) atoms. The predicted molar refractivity (Wildman–Crippen MR) is 42.5 cm³/mol. The van der Waals surface area contributed by atoms with E-state index in [0.29, 0.717) is 0 Å². The molecule has 0 radical (unpaired) electrons. The van der Waals surface area contributed by atoms with E-state index in [4.69, 9.17) is 5.11 Å². The fraction of sp³-hybridized carbons (Fsp3) is 0.750. The molecule has 0 aliphatic rings. The van der Waals surface area contributed by atoms with Crippen molar-refractivity contribution in [2.24, 2.45) is 0 Å². The minimum absolute atomic E-state index is 0.500. The van der Waals surface area contributed by atoms with Gasteiger partial charge >= 0.3 is 0 Å². The highest BCUT2D eigenvalue weighted by Gasteiger charge is 1.97. The highest BCUT2D eigenvalue weighted by atomic mass is 16.3. The lowest BCUT2D eigenvalue weighted by atomic mass is 10.2. The zero-order valence-electron chi connectivity index (χ0n) is 6.94. The Kier molecular flexibility index (Phi) is 7.44. The van der Waals surface area contributed by atoms with Gasteiger partial charge in [0.1, 0.15) is 0 Å². The predicted octanol–water partition coefficient (Wildman–Crippen LogP) is 2.36. The molecule has 0 amide bonds. The highest BCUT2D eigenvalue weighted by molar-refractivity contribution is 4.60. The maximum atomic E-state index is 8.52. The van der Waals surface area contributed by atoms with Crippen LogP contribution in [0.2, 0.25) is 0 Å². The van der Waals surface area contributed by atoms with Crippen LogP contribution in [0.25, 0.3) is 0 Å². The van der Waals surface area contributed by atoms with Gasteiger partial charge in [-0.15, -0.1) is 6.58 Å². The number of aliphatic hydroxyl groups is 1. The van der Waals surface area contributed by atoms with E-state index in [2.05, 4.69) is 13.5 Å². The number of hydrogen-bond donors (Lipinski definition) is 1. The second kappa shape index (κ2) is 5.83. The fourth-order valence-corrected chi connectivity index (χ4v) is 0. The van der Waals surface area contributed by atoms with Crippen LogP contribution in [0.3, 0.4) is 0 Å². The van der Waals surface area contributed by atoms with Gasteiger partial charge in [0.25, 0.3) is 0 Å². The maximum absolute atomic E-state index is 8.52. The van der Waals surface area contributed by atoms with Crippen LogP contribution in [0, 0.1) is 0 Å². The molecule has 0 saturated heterocycles. The van der Waals surface area contributed by atoms with Crippen LogP contribution in [0.5, 0.6) is 0 Å². The molecule has 0 heterocycles. The Morgan fingerprint density at radius 3 is 1.56 bits per heavy atom. The summed E-state index contributed by atoms with van der Waals surface area (Å²) in [6.45, 7) is 10.8. The van der Waals surface area contributed by atoms with Gasteiger partial charge in [-0.3, -0.25) is 0 Å². The van der Waals surface area contributed by atoms with E-state index >= 15 is 0 Å². The van der Waals surface area contributed by atoms with Crippen LogP contribution in [0.1, 0.15) is 34.1 Å². The minimum atomic E-state index is -0.500. The third kappa shape index (κ3) is 511. The average Bonchev–Trinajstić information content (AvgIpc) is 1.61. The van der Waals surface area contributed by atoms with Gasteiger partial charge < -0.3 is 5.11 Å². The molecule has 0 aromatic carbocycles. The summed E-state index contributed by atoms with van der Waals surface area (Å²) in [5, 5.41) is 8.52. The summed E-state index contributed by atoms with van der Waals surface area (Å²) in [7, 11) is 0. The largest absolute Gasteiger partial charge is 0.391 e. The van der Waals surface area contributed by atoms with Crippen LogP contribution >= 0.6 is 0 Å². The monoisotopic (exact) mass is 130 g/mol. The van der Waals surface area contributed by atoms with Gasteiger partial charge in [-0.2, -0.15) is 0 Å². The van der Waals surface area contributed by atoms with Crippen LogP contribution in [0.15, 0.2) is 12.7 Å². The van der Waals surface area contributed by atoms with Crippen molar-refractivity contribution in [1.82, 2.24) is 0 Å². The fourth-order valence-electron chi connectivity index (χ4n) is 0. The molecule has 0 aromatic rings. The normalized spacial score (nSPS) is 9.44. The maximum Gasteiger partial charge on any atom is 0.0563 e. The van der Waals surface area contributed by atoms with E-state index in [0.717, 1.165) is 6.42 Å². The van der Waals surface area contributed by atoms with E-state index in [9.17, 15) is 0 Å². The summed E-state index contributed by atoms with van der Waals surface area (Å²) in [6, 6.07) is 0. The van der Waals surface area contributed by atoms with Gasteiger partial charge in [0.2, 0.25) is 0 Å². The van der Waals surface area contributed by atoms with Gasteiger partial charge in [-0.1, -0.05) is 13.0 Å². The first-order valence-corrected chi connectivity index (χ1v) is 3.25. The van der Waals surface area contributed by atoms with Crippen LogP contribution < -0.4 is 0 Å². The molecule has 1 N–H and O–H groups in total. The molecule has 0 aromatic heterocycles. The first-order valence-electron chi connectivity index (χ1n) is 3.25. The van der Waals surface area contributed by atoms with Crippen LogP contribution in [0.4, 0.5) is 0 Å². The molecule has 0 aliphatic heterocycles. The molecule has 1 heteroatoms. The van der Waals surface area contributed by atoms with E-state index in [1.54, 1.807) is 20.8 Å². The summed E-state index contributed by atoms with van der Waals surface area (Å²) in [4.78, 5) is 0. The van der Waals surface area contributed by atoms with Crippen LogP contribution in [-0.4, -0.2) is 10.7 Å². The molecule has 0 atom stereocenters. The van der Waals surface area contributed by atoms with Gasteiger partial charge in [0, 0.05) is 0 Å². The topological polar surface area (TPSA) is 20.2 Å². The first kappa shape index (κ1) is 11.5. The van der Waals surface area contributed by atoms with Crippen molar-refractivity contribution in [3.8, 4) is 0 Å². The zero-order chi connectivity index (χ0) is 7.91. The molecular formula is C8H18O. The van der Waals surface area contributed by atoms with E-state index in [1.165, 1.54) is 0 Å². The molecule has 0 rings (SSSR count). The quantitative estimate of drug-likeness (QED) is 0.540. The smallest absolute Gasteiger partial charge is 0.0563 e. The third-order valence-corrected chi connectivity index (χ3v) is 0.289. The lowest BCUT2D eigenvalue weighted by molar-refractivity contribution is 0.102. The van der Waals surface area contributed by atoms with Crippen LogP contribution in [-0.2, 0) is 0 Å². The molecule has 56 valence electrons. The number of rotatable bonds is 1. The molecule has 0 spiro atoms. The lowest BCUT2D eigenvalue weighted by Gasteiger charge is -2.04. The Morgan fingerprint density at radius 1 is 1.44 bits per heavy atom. The Labute approximate surface area is 58.4 Å². The van der Waals surface area contributed by atoms with Crippen molar-refractivity contribution in [1.29, 1.82) is 0 Å². The van der Waals surface area contributed by atoms with Gasteiger partial charge in [-0.05, 0) is 27.2 Å². The second-order valence-corrected chi connectivity index (χ2v) is 2.87. The Bertz CT molecular complexity index is 53.5. The summed E-state index contributed by atoms with van der Waals surface area (Å²) < 4.78 is 0. The van der Waals surface area contributed by atoms with Gasteiger partial charge in [0.05, 0.1) is 5.60 Å². The van der Waals surface area contributed by atoms with E-state index < -0.39 is 5.60 Å². The average molecular weight is 130 g/mol. The molecule has 0 saturated carbocycles. The third-order valence-electron chi connectivity index (χ3n) is 0.289. The van der Waals surface area contributed by atoms with Crippen molar-refractivity contribution in [2.45, 2.75) is 39.7 Å². The lowest BCUT2D eigenvalue weighted by Crippen LogP contribution is -2.10. The SMILES string of the molecule is C=CCC.CC(C)(C)O. The minimum Gasteiger partial charge on any atom is -0.391 e. The number of allylic oxidation sites excluding steroid dienone is 1. The van der Waals surface area contributed by atoms with Crippen molar-refractivity contribution in [3.05, 3.63) is 12.7 Å².